The number of hydrogen-bond acceptors (Lipinski definition) is 3. The molecule has 4 nitrogen and oxygen atoms in total. The van der Waals surface area contributed by atoms with Gasteiger partial charge in [0.25, 0.3) is 0 Å². The third-order valence-electron chi connectivity index (χ3n) is 2.90. The molecule has 0 aliphatic carbocycles. The van der Waals surface area contributed by atoms with Crippen LogP contribution in [0.15, 0.2) is 6.20 Å². The summed E-state index contributed by atoms with van der Waals surface area (Å²) in [4.78, 5) is 12.5. The van der Waals surface area contributed by atoms with E-state index in [1.165, 1.54) is 0 Å². The second-order valence-electron chi connectivity index (χ2n) is 7.26. The molecule has 1 aromatic heterocycles. The topological polar surface area (TPSA) is 58.6 Å². The van der Waals surface area contributed by atoms with Crippen molar-refractivity contribution in [3.63, 3.8) is 0 Å². The molecule has 0 fully saturated rings. The maximum Gasteiger partial charge on any atom is 0.141 e. The van der Waals surface area contributed by atoms with Gasteiger partial charge in [0, 0.05) is 17.8 Å². The fourth-order valence-electron chi connectivity index (χ4n) is 2.19. The summed E-state index contributed by atoms with van der Waals surface area (Å²) in [6, 6.07) is 0. The number of aromatic nitrogens is 3. The SMILES string of the molecule is CC(C)(C)C[C@@H](Cc1cnn[nH]1)C(=O)C(C)(C)C. The summed E-state index contributed by atoms with van der Waals surface area (Å²) in [5.74, 6) is 0.333. The highest BCUT2D eigenvalue weighted by atomic mass is 16.1. The second kappa shape index (κ2) is 5.21. The number of carbonyl (C=O) groups excluding carboxylic acids is 1. The maximum atomic E-state index is 12.5. The van der Waals surface area contributed by atoms with E-state index in [1.807, 2.05) is 20.8 Å². The molecule has 18 heavy (non-hydrogen) atoms. The predicted molar refractivity (Wildman–Crippen MR) is 72.1 cm³/mol. The quantitative estimate of drug-likeness (QED) is 0.894. The molecule has 0 unspecified atom stereocenters. The van der Waals surface area contributed by atoms with Crippen molar-refractivity contribution in [2.24, 2.45) is 16.7 Å². The van der Waals surface area contributed by atoms with E-state index >= 15 is 0 Å². The number of hydrogen-bond donors (Lipinski definition) is 1. The Morgan fingerprint density at radius 2 is 1.89 bits per heavy atom. The van der Waals surface area contributed by atoms with Crippen LogP contribution >= 0.6 is 0 Å². The number of nitrogens with one attached hydrogen (secondary N) is 1. The molecule has 0 aromatic carbocycles. The van der Waals surface area contributed by atoms with Crippen LogP contribution in [-0.2, 0) is 11.2 Å². The van der Waals surface area contributed by atoms with E-state index in [0.29, 0.717) is 12.2 Å². The molecule has 0 amide bonds. The minimum Gasteiger partial charge on any atom is -0.299 e. The summed E-state index contributed by atoms with van der Waals surface area (Å²) in [6.07, 6.45) is 3.27. The van der Waals surface area contributed by atoms with Crippen LogP contribution in [0.3, 0.4) is 0 Å². The van der Waals surface area contributed by atoms with Gasteiger partial charge in [-0.2, -0.15) is 0 Å². The Bertz CT molecular complexity index is 382. The Kier molecular flexibility index (Phi) is 4.30. The third kappa shape index (κ3) is 4.59. The largest absolute Gasteiger partial charge is 0.299 e. The van der Waals surface area contributed by atoms with Gasteiger partial charge in [-0.15, -0.1) is 5.10 Å². The van der Waals surface area contributed by atoms with Gasteiger partial charge >= 0.3 is 0 Å². The fourth-order valence-corrected chi connectivity index (χ4v) is 2.19. The summed E-state index contributed by atoms with van der Waals surface area (Å²) in [5, 5.41) is 10.3. The number of rotatable bonds is 4. The van der Waals surface area contributed by atoms with Crippen LogP contribution in [0.2, 0.25) is 0 Å². The van der Waals surface area contributed by atoms with Crippen LogP contribution < -0.4 is 0 Å². The first-order valence-electron chi connectivity index (χ1n) is 6.49. The lowest BCUT2D eigenvalue weighted by Crippen LogP contribution is -2.32. The lowest BCUT2D eigenvalue weighted by Gasteiger charge is -2.29. The lowest BCUT2D eigenvalue weighted by molar-refractivity contribution is -0.131. The van der Waals surface area contributed by atoms with Gasteiger partial charge in [0.2, 0.25) is 0 Å². The molecule has 0 bridgehead atoms. The molecular formula is C14H25N3O. The molecule has 4 heteroatoms. The van der Waals surface area contributed by atoms with Crippen LogP contribution in [0.1, 0.15) is 53.7 Å². The van der Waals surface area contributed by atoms with Crippen LogP contribution in [0.5, 0.6) is 0 Å². The Balaban J connectivity index is 2.85. The van der Waals surface area contributed by atoms with Crippen molar-refractivity contribution in [2.75, 3.05) is 0 Å². The average molecular weight is 251 g/mol. The smallest absolute Gasteiger partial charge is 0.141 e. The van der Waals surface area contributed by atoms with Crippen LogP contribution in [0.25, 0.3) is 0 Å². The number of nitrogens with zero attached hydrogens (tertiary/aromatic N) is 2. The molecular weight excluding hydrogens is 226 g/mol. The first-order valence-corrected chi connectivity index (χ1v) is 6.49. The monoisotopic (exact) mass is 251 g/mol. The highest BCUT2D eigenvalue weighted by Gasteiger charge is 2.32. The van der Waals surface area contributed by atoms with Gasteiger partial charge in [0.05, 0.1) is 11.9 Å². The zero-order valence-corrected chi connectivity index (χ0v) is 12.4. The Labute approximate surface area is 110 Å². The predicted octanol–water partition coefficient (Wildman–Crippen LogP) is 3.01. The molecule has 1 N–H and O–H groups in total. The number of H-pyrrole nitrogens is 1. The maximum absolute atomic E-state index is 12.5. The van der Waals surface area contributed by atoms with Gasteiger partial charge in [-0.25, -0.2) is 0 Å². The van der Waals surface area contributed by atoms with Crippen molar-refractivity contribution < 1.29 is 4.79 Å². The van der Waals surface area contributed by atoms with Gasteiger partial charge < -0.3 is 0 Å². The van der Waals surface area contributed by atoms with Crippen molar-refractivity contribution in [3.05, 3.63) is 11.9 Å². The molecule has 0 saturated heterocycles. The Morgan fingerprint density at radius 3 is 2.28 bits per heavy atom. The molecule has 1 aromatic rings. The first kappa shape index (κ1) is 14.9. The van der Waals surface area contributed by atoms with Gasteiger partial charge in [0.1, 0.15) is 5.78 Å². The zero-order valence-electron chi connectivity index (χ0n) is 12.4. The van der Waals surface area contributed by atoms with Crippen molar-refractivity contribution in [2.45, 2.75) is 54.4 Å². The zero-order chi connectivity index (χ0) is 14.0. The standard InChI is InChI=1S/C14H25N3O/c1-13(2,3)8-10(12(18)14(4,5)6)7-11-9-15-17-16-11/h9-10H,7-8H2,1-6H3,(H,15,16,17)/t10-/m1/s1. The van der Waals surface area contributed by atoms with Crippen LogP contribution in [0.4, 0.5) is 0 Å². The van der Waals surface area contributed by atoms with E-state index in [-0.39, 0.29) is 16.7 Å². The minimum absolute atomic E-state index is 0.0206. The van der Waals surface area contributed by atoms with Gasteiger partial charge in [-0.3, -0.25) is 9.89 Å². The molecule has 0 saturated carbocycles. The first-order chi connectivity index (χ1) is 8.09. The second-order valence-corrected chi connectivity index (χ2v) is 7.26. The summed E-state index contributed by atoms with van der Waals surface area (Å²) in [6.45, 7) is 12.5. The van der Waals surface area contributed by atoms with Crippen molar-refractivity contribution >= 4 is 5.78 Å². The van der Waals surface area contributed by atoms with Gasteiger partial charge in [-0.05, 0) is 11.8 Å². The van der Waals surface area contributed by atoms with Gasteiger partial charge in [-0.1, -0.05) is 46.8 Å². The summed E-state index contributed by atoms with van der Waals surface area (Å²) >= 11 is 0. The van der Waals surface area contributed by atoms with E-state index in [0.717, 1.165) is 12.1 Å². The van der Waals surface area contributed by atoms with E-state index in [9.17, 15) is 4.79 Å². The Hall–Kier alpha value is -1.19. The highest BCUT2D eigenvalue weighted by Crippen LogP contribution is 2.31. The molecule has 1 atom stereocenters. The lowest BCUT2D eigenvalue weighted by atomic mass is 9.74. The van der Waals surface area contributed by atoms with Gasteiger partial charge in [0.15, 0.2) is 0 Å². The van der Waals surface area contributed by atoms with Crippen molar-refractivity contribution in [3.8, 4) is 0 Å². The van der Waals surface area contributed by atoms with Crippen molar-refractivity contribution in [1.82, 2.24) is 15.4 Å². The molecule has 1 heterocycles. The summed E-state index contributed by atoms with van der Waals surface area (Å²) in [5.41, 5.74) is 0.768. The van der Waals surface area contributed by atoms with E-state index in [4.69, 9.17) is 0 Å². The van der Waals surface area contributed by atoms with E-state index in [2.05, 4.69) is 36.2 Å². The van der Waals surface area contributed by atoms with E-state index in [1.54, 1.807) is 6.20 Å². The molecule has 0 aliphatic heterocycles. The molecule has 0 aliphatic rings. The molecule has 0 radical (unpaired) electrons. The summed E-state index contributed by atoms with van der Waals surface area (Å²) in [7, 11) is 0. The number of aromatic amines is 1. The third-order valence-corrected chi connectivity index (χ3v) is 2.90. The summed E-state index contributed by atoms with van der Waals surface area (Å²) < 4.78 is 0. The minimum atomic E-state index is -0.302. The number of Topliss-reactive ketones (excluding diaryl/α,β-unsaturated/α-hetero) is 1. The highest BCUT2D eigenvalue weighted by molar-refractivity contribution is 5.86. The van der Waals surface area contributed by atoms with Crippen molar-refractivity contribution in [1.29, 1.82) is 0 Å². The Morgan fingerprint density at radius 1 is 1.28 bits per heavy atom. The average Bonchev–Trinajstić information content (AvgIpc) is 2.64. The van der Waals surface area contributed by atoms with Crippen LogP contribution in [0, 0.1) is 16.7 Å². The molecule has 1 rings (SSSR count). The number of carbonyl (C=O) groups is 1. The van der Waals surface area contributed by atoms with Crippen LogP contribution in [-0.4, -0.2) is 21.2 Å². The molecule has 0 spiro atoms. The number of ketones is 1. The molecule has 102 valence electrons. The normalized spacial score (nSPS) is 14.6. The fraction of sp³-hybridized carbons (Fsp3) is 0.786. The van der Waals surface area contributed by atoms with E-state index < -0.39 is 0 Å².